The van der Waals surface area contributed by atoms with Crippen molar-refractivity contribution in [2.24, 2.45) is 11.8 Å². The van der Waals surface area contributed by atoms with E-state index < -0.39 is 0 Å². The highest BCUT2D eigenvalue weighted by atomic mass is 16.5. The summed E-state index contributed by atoms with van der Waals surface area (Å²) in [5.74, 6) is 1.45. The van der Waals surface area contributed by atoms with Gasteiger partial charge in [0, 0.05) is 12.6 Å². The van der Waals surface area contributed by atoms with E-state index in [-0.39, 0.29) is 0 Å². The van der Waals surface area contributed by atoms with Gasteiger partial charge in [-0.3, -0.25) is 0 Å². The molecule has 0 bridgehead atoms. The van der Waals surface area contributed by atoms with Crippen LogP contribution in [0.2, 0.25) is 0 Å². The van der Waals surface area contributed by atoms with Gasteiger partial charge in [-0.15, -0.1) is 0 Å². The molecule has 0 saturated heterocycles. The van der Waals surface area contributed by atoms with Gasteiger partial charge in [0.2, 0.25) is 0 Å². The zero-order chi connectivity index (χ0) is 13.8. The lowest BCUT2D eigenvalue weighted by molar-refractivity contribution is 0.0651. The second kappa shape index (κ2) is 12.0. The van der Waals surface area contributed by atoms with E-state index in [1.165, 1.54) is 32.1 Å². The lowest BCUT2D eigenvalue weighted by atomic mass is 9.99. The van der Waals surface area contributed by atoms with Gasteiger partial charge in [0.25, 0.3) is 0 Å². The van der Waals surface area contributed by atoms with Crippen LogP contribution in [0.1, 0.15) is 66.7 Å². The van der Waals surface area contributed by atoms with E-state index in [1.807, 2.05) is 0 Å². The maximum atomic E-state index is 5.96. The second-order valence-electron chi connectivity index (χ2n) is 5.50. The van der Waals surface area contributed by atoms with E-state index >= 15 is 0 Å². The molecular weight excluding hydrogens is 222 g/mol. The van der Waals surface area contributed by atoms with Gasteiger partial charge in [0.05, 0.1) is 6.61 Å². The van der Waals surface area contributed by atoms with Crippen LogP contribution in [0.5, 0.6) is 0 Å². The predicted molar refractivity (Wildman–Crippen MR) is 81.0 cm³/mol. The minimum Gasteiger partial charge on any atom is -0.380 e. The summed E-state index contributed by atoms with van der Waals surface area (Å²) < 4.78 is 5.96. The molecule has 1 N–H and O–H groups in total. The highest BCUT2D eigenvalue weighted by molar-refractivity contribution is 4.71. The zero-order valence-corrected chi connectivity index (χ0v) is 13.3. The molecule has 0 aromatic heterocycles. The molecule has 0 aromatic carbocycles. The normalized spacial score (nSPS) is 16.5. The van der Waals surface area contributed by atoms with Crippen molar-refractivity contribution < 1.29 is 4.74 Å². The van der Waals surface area contributed by atoms with Gasteiger partial charge in [0.15, 0.2) is 0 Å². The number of nitrogens with one attached hydrogen (secondary N) is 1. The Bertz CT molecular complexity index is 172. The SMILES string of the molecule is CCCCC(CC)COCC(NCC)C(C)CC. The monoisotopic (exact) mass is 257 g/mol. The smallest absolute Gasteiger partial charge is 0.0622 e. The fourth-order valence-corrected chi connectivity index (χ4v) is 2.23. The van der Waals surface area contributed by atoms with Gasteiger partial charge in [-0.05, 0) is 24.8 Å². The van der Waals surface area contributed by atoms with Crippen molar-refractivity contribution in [3.05, 3.63) is 0 Å². The van der Waals surface area contributed by atoms with Crippen molar-refractivity contribution in [3.8, 4) is 0 Å². The Morgan fingerprint density at radius 1 is 1.00 bits per heavy atom. The van der Waals surface area contributed by atoms with Gasteiger partial charge in [-0.2, -0.15) is 0 Å². The quantitative estimate of drug-likeness (QED) is 0.564. The van der Waals surface area contributed by atoms with E-state index in [0.29, 0.717) is 12.0 Å². The molecule has 0 aromatic rings. The van der Waals surface area contributed by atoms with Crippen LogP contribution in [0.25, 0.3) is 0 Å². The molecule has 18 heavy (non-hydrogen) atoms. The number of likely N-dealkylation sites (N-methyl/N-ethyl adjacent to an activating group) is 1. The van der Waals surface area contributed by atoms with E-state index in [1.54, 1.807) is 0 Å². The van der Waals surface area contributed by atoms with E-state index in [9.17, 15) is 0 Å². The van der Waals surface area contributed by atoms with Crippen LogP contribution in [0.3, 0.4) is 0 Å². The average molecular weight is 257 g/mol. The third kappa shape index (κ3) is 8.10. The zero-order valence-electron chi connectivity index (χ0n) is 13.3. The molecule has 0 spiro atoms. The molecule has 0 saturated carbocycles. The van der Waals surface area contributed by atoms with Crippen molar-refractivity contribution in [2.75, 3.05) is 19.8 Å². The van der Waals surface area contributed by atoms with Crippen molar-refractivity contribution >= 4 is 0 Å². The number of ether oxygens (including phenoxy) is 1. The molecule has 0 heterocycles. The summed E-state index contributed by atoms with van der Waals surface area (Å²) in [4.78, 5) is 0. The molecule has 3 atom stereocenters. The summed E-state index contributed by atoms with van der Waals surface area (Å²) in [5.41, 5.74) is 0. The Balaban J connectivity index is 3.87. The molecule has 2 heteroatoms. The topological polar surface area (TPSA) is 21.3 Å². The maximum Gasteiger partial charge on any atom is 0.0622 e. The van der Waals surface area contributed by atoms with Crippen LogP contribution >= 0.6 is 0 Å². The van der Waals surface area contributed by atoms with E-state index in [2.05, 4.69) is 39.9 Å². The van der Waals surface area contributed by atoms with E-state index in [4.69, 9.17) is 4.74 Å². The van der Waals surface area contributed by atoms with Crippen LogP contribution in [-0.4, -0.2) is 25.8 Å². The molecule has 0 rings (SSSR count). The maximum absolute atomic E-state index is 5.96. The minimum atomic E-state index is 0.517. The van der Waals surface area contributed by atoms with E-state index in [0.717, 1.165) is 25.7 Å². The predicted octanol–water partition coefficient (Wildman–Crippen LogP) is 4.24. The highest BCUT2D eigenvalue weighted by Crippen LogP contribution is 2.14. The summed E-state index contributed by atoms with van der Waals surface area (Å²) in [6, 6.07) is 0.517. The van der Waals surface area contributed by atoms with Crippen LogP contribution < -0.4 is 5.32 Å². The summed E-state index contributed by atoms with van der Waals surface area (Å²) in [6.45, 7) is 14.1. The number of rotatable bonds is 12. The van der Waals surface area contributed by atoms with Crippen molar-refractivity contribution in [1.82, 2.24) is 5.32 Å². The van der Waals surface area contributed by atoms with Gasteiger partial charge in [-0.1, -0.05) is 60.3 Å². The largest absolute Gasteiger partial charge is 0.380 e. The lowest BCUT2D eigenvalue weighted by Crippen LogP contribution is -2.39. The van der Waals surface area contributed by atoms with Crippen LogP contribution in [-0.2, 0) is 4.74 Å². The van der Waals surface area contributed by atoms with Gasteiger partial charge in [-0.25, -0.2) is 0 Å². The first-order chi connectivity index (χ1) is 8.69. The third-order valence-corrected chi connectivity index (χ3v) is 3.99. The first kappa shape index (κ1) is 17.9. The van der Waals surface area contributed by atoms with Crippen LogP contribution in [0.4, 0.5) is 0 Å². The van der Waals surface area contributed by atoms with Gasteiger partial charge < -0.3 is 10.1 Å². The molecule has 0 amide bonds. The molecular formula is C16H35NO. The third-order valence-electron chi connectivity index (χ3n) is 3.99. The summed E-state index contributed by atoms with van der Waals surface area (Å²) in [7, 11) is 0. The molecule has 2 nitrogen and oxygen atoms in total. The van der Waals surface area contributed by atoms with Gasteiger partial charge >= 0.3 is 0 Å². The fourth-order valence-electron chi connectivity index (χ4n) is 2.23. The first-order valence-electron chi connectivity index (χ1n) is 8.00. The van der Waals surface area contributed by atoms with Crippen molar-refractivity contribution in [3.63, 3.8) is 0 Å². The summed E-state index contributed by atoms with van der Waals surface area (Å²) >= 11 is 0. The Kier molecular flexibility index (Phi) is 11.9. The Morgan fingerprint density at radius 3 is 2.22 bits per heavy atom. The van der Waals surface area contributed by atoms with Crippen molar-refractivity contribution in [1.29, 1.82) is 0 Å². The molecule has 0 aliphatic rings. The highest BCUT2D eigenvalue weighted by Gasteiger charge is 2.15. The molecule has 0 radical (unpaired) electrons. The summed E-state index contributed by atoms with van der Waals surface area (Å²) in [6.07, 6.45) is 6.42. The summed E-state index contributed by atoms with van der Waals surface area (Å²) in [5, 5.41) is 3.54. The number of hydrogen-bond donors (Lipinski definition) is 1. The first-order valence-corrected chi connectivity index (χ1v) is 8.00. The molecule has 0 fully saturated rings. The molecule has 110 valence electrons. The minimum absolute atomic E-state index is 0.517. The number of unbranched alkanes of at least 4 members (excludes halogenated alkanes) is 1. The molecule has 0 aliphatic carbocycles. The Labute approximate surface area is 115 Å². The Hall–Kier alpha value is -0.0800. The second-order valence-corrected chi connectivity index (χ2v) is 5.50. The lowest BCUT2D eigenvalue weighted by Gasteiger charge is -2.25. The Morgan fingerprint density at radius 2 is 1.72 bits per heavy atom. The fraction of sp³-hybridized carbons (Fsp3) is 1.00. The van der Waals surface area contributed by atoms with Crippen molar-refractivity contribution in [2.45, 2.75) is 72.8 Å². The molecule has 0 aliphatic heterocycles. The average Bonchev–Trinajstić information content (AvgIpc) is 2.40. The van der Waals surface area contributed by atoms with Crippen LogP contribution in [0, 0.1) is 11.8 Å². The standard InChI is InChI=1S/C16H35NO/c1-6-10-11-15(8-3)12-18-13-16(17-9-4)14(5)7-2/h14-17H,6-13H2,1-5H3. The van der Waals surface area contributed by atoms with Gasteiger partial charge in [0.1, 0.15) is 0 Å². The molecule has 3 unspecified atom stereocenters. The van der Waals surface area contributed by atoms with Crippen LogP contribution in [0.15, 0.2) is 0 Å². The number of hydrogen-bond acceptors (Lipinski definition) is 2.